The zero-order valence-corrected chi connectivity index (χ0v) is 14.8. The van der Waals surface area contributed by atoms with Gasteiger partial charge in [0.2, 0.25) is 0 Å². The average molecular weight is 320 g/mol. The molecule has 0 spiro atoms. The zero-order valence-electron chi connectivity index (χ0n) is 12.4. The van der Waals surface area contributed by atoms with Crippen LogP contribution in [-0.2, 0) is 29.5 Å². The van der Waals surface area contributed by atoms with Crippen LogP contribution < -0.4 is 0 Å². The maximum Gasteiger partial charge on any atom is 0.0758 e. The lowest BCUT2D eigenvalue weighted by Crippen LogP contribution is -2.09. The summed E-state index contributed by atoms with van der Waals surface area (Å²) in [5, 5.41) is 1.21. The Balaban J connectivity index is 1.89. The van der Waals surface area contributed by atoms with Crippen molar-refractivity contribution in [1.29, 1.82) is 0 Å². The molecule has 0 atom stereocenters. The van der Waals surface area contributed by atoms with Gasteiger partial charge in [0, 0.05) is 12.3 Å². The molecule has 0 fully saturated rings. The third-order valence-electron chi connectivity index (χ3n) is 3.75. The van der Waals surface area contributed by atoms with E-state index in [0.717, 1.165) is 18.7 Å². The van der Waals surface area contributed by atoms with Gasteiger partial charge in [-0.3, -0.25) is 4.99 Å². The second-order valence-corrected chi connectivity index (χ2v) is 11.7. The van der Waals surface area contributed by atoms with E-state index in [9.17, 15) is 0 Å². The molecular formula is C15H29NS3. The number of nitrogens with zero attached hydrogens (tertiary/aromatic N) is 1. The fourth-order valence-electron chi connectivity index (χ4n) is 2.50. The largest absolute Gasteiger partial charge is 0.281 e. The lowest BCUT2D eigenvalue weighted by atomic mass is 10.1. The van der Waals surface area contributed by atoms with E-state index in [-0.39, 0.29) is 0 Å². The van der Waals surface area contributed by atoms with E-state index < -0.39 is 7.15 Å². The van der Waals surface area contributed by atoms with E-state index in [0.29, 0.717) is 0 Å². The molecule has 0 unspecified atom stereocenters. The maximum atomic E-state index is 5.47. The predicted molar refractivity (Wildman–Crippen MR) is 95.7 cm³/mol. The van der Waals surface area contributed by atoms with E-state index in [4.69, 9.17) is 22.4 Å². The van der Waals surface area contributed by atoms with Crippen molar-refractivity contribution in [2.45, 2.75) is 77.6 Å². The lowest BCUT2D eigenvalue weighted by Gasteiger charge is -2.05. The summed E-state index contributed by atoms with van der Waals surface area (Å²) in [6.07, 6.45) is 14.9. The molecule has 1 aliphatic rings. The summed E-state index contributed by atoms with van der Waals surface area (Å²) in [4.78, 5) is 4.51. The summed E-state index contributed by atoms with van der Waals surface area (Å²) >= 11 is 10.9. The smallest absolute Gasteiger partial charge is 0.0758 e. The summed E-state index contributed by atoms with van der Waals surface area (Å²) in [5.41, 5.74) is 0. The minimum absolute atomic E-state index is 0.898. The predicted octanol–water partition coefficient (Wildman–Crippen LogP) is 4.79. The molecule has 0 N–H and O–H groups in total. The van der Waals surface area contributed by atoms with Crippen LogP contribution in [0.2, 0.25) is 0 Å². The summed E-state index contributed by atoms with van der Waals surface area (Å²) in [6.45, 7) is 3.17. The van der Waals surface area contributed by atoms with Crippen LogP contribution in [0.3, 0.4) is 0 Å². The fourth-order valence-corrected chi connectivity index (χ4v) is 5.08. The first kappa shape index (κ1) is 17.5. The highest BCUT2D eigenvalue weighted by Crippen LogP contribution is 2.15. The molecule has 0 aliphatic carbocycles. The van der Waals surface area contributed by atoms with Gasteiger partial charge in [-0.1, -0.05) is 64.7 Å². The lowest BCUT2D eigenvalue weighted by molar-refractivity contribution is 0.559. The Morgan fingerprint density at radius 3 is 1.89 bits per heavy atom. The highest BCUT2D eigenvalue weighted by molar-refractivity contribution is 8.63. The van der Waals surface area contributed by atoms with Crippen LogP contribution in [0.4, 0.5) is 0 Å². The number of aliphatic imine (C=N–C) groups is 1. The molecule has 1 nitrogen and oxygen atoms in total. The van der Waals surface area contributed by atoms with Crippen molar-refractivity contribution in [3.8, 4) is 0 Å². The molecule has 112 valence electrons. The first-order valence-corrected chi connectivity index (χ1v) is 11.6. The Bertz CT molecular complexity index is 358. The van der Waals surface area contributed by atoms with Crippen molar-refractivity contribution in [2.75, 3.05) is 12.3 Å². The van der Waals surface area contributed by atoms with Crippen molar-refractivity contribution >= 4 is 34.6 Å². The molecule has 0 saturated heterocycles. The minimum atomic E-state index is -1.28. The van der Waals surface area contributed by atoms with E-state index in [2.05, 4.69) is 11.9 Å². The van der Waals surface area contributed by atoms with Gasteiger partial charge in [-0.2, -0.15) is 0 Å². The van der Waals surface area contributed by atoms with Crippen molar-refractivity contribution in [3.05, 3.63) is 0 Å². The van der Waals surface area contributed by atoms with Gasteiger partial charge in [0.25, 0.3) is 0 Å². The monoisotopic (exact) mass is 319 g/mol. The second kappa shape index (κ2) is 10.2. The highest BCUT2D eigenvalue weighted by Gasteiger charge is 2.16. The number of rotatable bonds is 11. The Morgan fingerprint density at radius 1 is 0.895 bits per heavy atom. The molecule has 0 aromatic rings. The van der Waals surface area contributed by atoms with Crippen LogP contribution >= 0.6 is 0 Å². The summed E-state index contributed by atoms with van der Waals surface area (Å²) in [6, 6.07) is 0. The second-order valence-electron chi connectivity index (χ2n) is 5.53. The molecule has 1 aliphatic heterocycles. The molecule has 1 heterocycles. The maximum absolute atomic E-state index is 5.47. The molecule has 0 aromatic carbocycles. The van der Waals surface area contributed by atoms with E-state index in [1.165, 1.54) is 69.3 Å². The first-order chi connectivity index (χ1) is 9.17. The van der Waals surface area contributed by atoms with Gasteiger partial charge in [-0.25, -0.2) is 0 Å². The van der Waals surface area contributed by atoms with Crippen molar-refractivity contribution in [2.24, 2.45) is 4.99 Å². The Morgan fingerprint density at radius 2 is 1.42 bits per heavy atom. The molecule has 0 aromatic heterocycles. The molecular weight excluding hydrogens is 290 g/mol. The Labute approximate surface area is 129 Å². The van der Waals surface area contributed by atoms with Gasteiger partial charge >= 0.3 is 0 Å². The average Bonchev–Trinajstić information content (AvgIpc) is 2.71. The van der Waals surface area contributed by atoms with Crippen molar-refractivity contribution < 1.29 is 0 Å². The molecule has 0 radical (unpaired) electrons. The van der Waals surface area contributed by atoms with Gasteiger partial charge in [-0.15, -0.1) is 0 Å². The van der Waals surface area contributed by atoms with Gasteiger partial charge in [-0.05, 0) is 42.4 Å². The van der Waals surface area contributed by atoms with Gasteiger partial charge in [0.1, 0.15) is 0 Å². The zero-order chi connectivity index (χ0) is 14.0. The van der Waals surface area contributed by atoms with Crippen LogP contribution in [0.15, 0.2) is 4.99 Å². The summed E-state index contributed by atoms with van der Waals surface area (Å²) in [7, 11) is -1.28. The van der Waals surface area contributed by atoms with Gasteiger partial charge < -0.3 is 0 Å². The number of unbranched alkanes of at least 4 members (excludes halogenated alkanes) is 9. The highest BCUT2D eigenvalue weighted by atomic mass is 33.1. The Hall–Kier alpha value is 0.460. The van der Waals surface area contributed by atoms with Crippen LogP contribution in [0.25, 0.3) is 0 Å². The topological polar surface area (TPSA) is 12.4 Å². The van der Waals surface area contributed by atoms with Crippen molar-refractivity contribution in [1.82, 2.24) is 0 Å². The third-order valence-corrected chi connectivity index (χ3v) is 7.68. The number of hydrogen-bond acceptors (Lipinski definition) is 3. The van der Waals surface area contributed by atoms with E-state index in [1.807, 2.05) is 0 Å². The van der Waals surface area contributed by atoms with Crippen molar-refractivity contribution in [3.63, 3.8) is 0 Å². The summed E-state index contributed by atoms with van der Waals surface area (Å²) < 4.78 is 0. The normalized spacial score (nSPS) is 17.6. The van der Waals surface area contributed by atoms with E-state index in [1.54, 1.807) is 0 Å². The third kappa shape index (κ3) is 7.72. The molecule has 0 bridgehead atoms. The molecule has 0 amide bonds. The van der Waals surface area contributed by atoms with Gasteiger partial charge in [0.15, 0.2) is 0 Å². The molecule has 0 saturated carbocycles. The SMILES string of the molecule is CCCCCCCCCCCCC1=NCCS1(=S)=S. The van der Waals surface area contributed by atoms with Crippen LogP contribution in [0, 0.1) is 0 Å². The standard InChI is InChI=1S/C15H29NS3/c1-2-3-4-5-6-7-8-9-10-11-12-15-16-13-14-19(15,17)18/h2-14H2,1H3. The fraction of sp³-hybridized carbons (Fsp3) is 0.933. The Kier molecular flexibility index (Phi) is 9.42. The quantitative estimate of drug-likeness (QED) is 0.508. The van der Waals surface area contributed by atoms with Gasteiger partial charge in [0.05, 0.1) is 5.04 Å². The summed E-state index contributed by atoms with van der Waals surface area (Å²) in [5.74, 6) is 0.977. The number of hydrogen-bond donors (Lipinski definition) is 0. The molecule has 1 rings (SSSR count). The molecule has 4 heteroatoms. The van der Waals surface area contributed by atoms with Crippen LogP contribution in [0.5, 0.6) is 0 Å². The van der Waals surface area contributed by atoms with Crippen LogP contribution in [-0.4, -0.2) is 17.3 Å². The van der Waals surface area contributed by atoms with E-state index >= 15 is 0 Å². The molecule has 19 heavy (non-hydrogen) atoms. The minimum Gasteiger partial charge on any atom is -0.281 e. The van der Waals surface area contributed by atoms with Crippen LogP contribution in [0.1, 0.15) is 77.6 Å². The first-order valence-electron chi connectivity index (χ1n) is 7.93.